The van der Waals surface area contributed by atoms with Crippen LogP contribution >= 0.6 is 0 Å². The van der Waals surface area contributed by atoms with Gasteiger partial charge in [-0.25, -0.2) is 29.1 Å². The number of benzene rings is 1. The standard InChI is InChI=1S/C32H38FN9O4/c1-4-28(43)42-11-5-6-26(42)31-38-17-25(41-31)22-8-7-20(12-23(22)33)30-36-14-21(15-37-30)24-16-35-27(40-24)13-19(9-10-34)29(44)18(2)39-32(45)46-3/h7-8,12,14-19,26H,4-6,9-11,13,34H2,1-3H3,(H,35,40)(H,38,41)(H,39,45)/t18-,19?,26-/m0/s1. The molecule has 4 aromatic rings. The number of nitrogens with one attached hydrogen (secondary N) is 3. The number of H-pyrrole nitrogens is 2. The molecule has 0 spiro atoms. The van der Waals surface area contributed by atoms with E-state index < -0.39 is 23.9 Å². The molecular weight excluding hydrogens is 593 g/mol. The maximum Gasteiger partial charge on any atom is 0.407 e. The Morgan fingerprint density at radius 1 is 1.17 bits per heavy atom. The summed E-state index contributed by atoms with van der Waals surface area (Å²) >= 11 is 0. The average molecular weight is 632 g/mol. The number of aromatic amines is 2. The fourth-order valence-electron chi connectivity index (χ4n) is 5.73. The summed E-state index contributed by atoms with van der Waals surface area (Å²) in [6, 6.07) is 3.91. The minimum absolute atomic E-state index is 0.0823. The number of carbonyl (C=O) groups excluding carboxylic acids is 3. The number of methoxy groups -OCH3 is 1. The Labute approximate surface area is 265 Å². The van der Waals surface area contributed by atoms with E-state index in [1.807, 2.05) is 11.8 Å². The number of alkyl carbamates (subject to hydrolysis) is 1. The molecule has 1 saturated heterocycles. The summed E-state index contributed by atoms with van der Waals surface area (Å²) in [7, 11) is 1.24. The fraction of sp³-hybridized carbons (Fsp3) is 0.406. The first-order chi connectivity index (χ1) is 22.2. The molecule has 3 aromatic heterocycles. The molecular formula is C32H38FN9O4. The van der Waals surface area contributed by atoms with Crippen LogP contribution in [0.5, 0.6) is 0 Å². The fourth-order valence-corrected chi connectivity index (χ4v) is 5.73. The molecule has 1 fully saturated rings. The number of ether oxygens (including phenoxy) is 1. The van der Waals surface area contributed by atoms with Crippen molar-refractivity contribution in [2.24, 2.45) is 11.7 Å². The lowest BCUT2D eigenvalue weighted by Gasteiger charge is -2.22. The third kappa shape index (κ3) is 7.12. The van der Waals surface area contributed by atoms with Crippen LogP contribution in [0.15, 0.2) is 43.0 Å². The molecule has 1 aliphatic rings. The number of imidazole rings is 2. The van der Waals surface area contributed by atoms with Crippen LogP contribution in [0.2, 0.25) is 0 Å². The van der Waals surface area contributed by atoms with E-state index in [9.17, 15) is 14.4 Å². The van der Waals surface area contributed by atoms with Gasteiger partial charge in [0.05, 0.1) is 36.8 Å². The number of hydrogen-bond acceptors (Lipinski definition) is 9. The maximum atomic E-state index is 15.3. The minimum atomic E-state index is -0.740. The molecule has 1 aliphatic heterocycles. The van der Waals surface area contributed by atoms with Crippen molar-refractivity contribution in [3.8, 4) is 33.9 Å². The maximum absolute atomic E-state index is 15.3. The number of aromatic nitrogens is 6. The highest BCUT2D eigenvalue weighted by Crippen LogP contribution is 2.33. The summed E-state index contributed by atoms with van der Waals surface area (Å²) in [6.07, 6.45) is 8.70. The minimum Gasteiger partial charge on any atom is -0.453 e. The van der Waals surface area contributed by atoms with E-state index in [0.717, 1.165) is 12.8 Å². The van der Waals surface area contributed by atoms with Gasteiger partial charge in [0.15, 0.2) is 11.6 Å². The van der Waals surface area contributed by atoms with Gasteiger partial charge in [-0.2, -0.15) is 0 Å². The van der Waals surface area contributed by atoms with Crippen LogP contribution in [0.4, 0.5) is 9.18 Å². The lowest BCUT2D eigenvalue weighted by molar-refractivity contribution is -0.132. The smallest absolute Gasteiger partial charge is 0.407 e. The normalized spacial score (nSPS) is 15.8. The predicted octanol–water partition coefficient (Wildman–Crippen LogP) is 3.96. The Morgan fingerprint density at radius 2 is 1.96 bits per heavy atom. The van der Waals surface area contributed by atoms with Gasteiger partial charge in [-0.15, -0.1) is 0 Å². The quantitative estimate of drug-likeness (QED) is 0.180. The van der Waals surface area contributed by atoms with E-state index in [0.29, 0.717) is 77.9 Å². The van der Waals surface area contributed by atoms with Gasteiger partial charge in [-0.3, -0.25) is 9.59 Å². The SMILES string of the molecule is CCC(=O)N1CCC[C@H]1c1ncc(-c2ccc(-c3ncc(-c4c[nH]c(CC(CCN)C(=O)[C@H](C)NC(=O)OC)n4)cn3)cc2F)[nH]1. The largest absolute Gasteiger partial charge is 0.453 e. The van der Waals surface area contributed by atoms with Crippen LogP contribution in [0, 0.1) is 11.7 Å². The Kier molecular flexibility index (Phi) is 10.2. The van der Waals surface area contributed by atoms with Crippen molar-refractivity contribution in [3.05, 3.63) is 60.5 Å². The Bertz CT molecular complexity index is 1690. The molecule has 1 unspecified atom stereocenters. The van der Waals surface area contributed by atoms with Crippen molar-refractivity contribution >= 4 is 17.8 Å². The Hall–Kier alpha value is -4.98. The first kappa shape index (κ1) is 32.4. The number of hydrogen-bond donors (Lipinski definition) is 4. The Balaban J connectivity index is 1.26. The zero-order valence-electron chi connectivity index (χ0n) is 26.0. The molecule has 4 heterocycles. The zero-order valence-corrected chi connectivity index (χ0v) is 26.0. The lowest BCUT2D eigenvalue weighted by Crippen LogP contribution is -2.42. The molecule has 0 bridgehead atoms. The average Bonchev–Trinajstić information content (AvgIpc) is 3.85. The van der Waals surface area contributed by atoms with Crippen LogP contribution < -0.4 is 11.1 Å². The van der Waals surface area contributed by atoms with Crippen LogP contribution in [-0.2, 0) is 20.7 Å². The molecule has 3 atom stereocenters. The molecule has 14 heteroatoms. The molecule has 5 N–H and O–H groups in total. The second-order valence-corrected chi connectivity index (χ2v) is 11.2. The molecule has 2 amide bonds. The third-order valence-corrected chi connectivity index (χ3v) is 8.19. The number of likely N-dealkylation sites (tertiary alicyclic amines) is 1. The molecule has 1 aromatic carbocycles. The highest BCUT2D eigenvalue weighted by Gasteiger charge is 2.31. The summed E-state index contributed by atoms with van der Waals surface area (Å²) in [5, 5.41) is 2.50. The summed E-state index contributed by atoms with van der Waals surface area (Å²) in [6.45, 7) is 4.44. The highest BCUT2D eigenvalue weighted by atomic mass is 19.1. The first-order valence-electron chi connectivity index (χ1n) is 15.3. The number of rotatable bonds is 12. The number of halogens is 1. The van der Waals surface area contributed by atoms with Gasteiger partial charge < -0.3 is 30.7 Å². The number of amides is 2. The summed E-state index contributed by atoms with van der Waals surface area (Å²) in [4.78, 5) is 62.9. The highest BCUT2D eigenvalue weighted by molar-refractivity contribution is 5.89. The molecule has 0 aliphatic carbocycles. The summed E-state index contributed by atoms with van der Waals surface area (Å²) in [5.41, 5.74) is 8.36. The van der Waals surface area contributed by atoms with Gasteiger partial charge in [-0.05, 0) is 44.9 Å². The van der Waals surface area contributed by atoms with E-state index in [4.69, 9.17) is 5.73 Å². The third-order valence-electron chi connectivity index (χ3n) is 8.19. The van der Waals surface area contributed by atoms with Gasteiger partial charge in [0.1, 0.15) is 17.5 Å². The summed E-state index contributed by atoms with van der Waals surface area (Å²) in [5.74, 6) is 0.580. The van der Waals surface area contributed by atoms with Gasteiger partial charge in [0.2, 0.25) is 5.91 Å². The van der Waals surface area contributed by atoms with Gasteiger partial charge >= 0.3 is 6.09 Å². The second kappa shape index (κ2) is 14.4. The lowest BCUT2D eigenvalue weighted by atomic mass is 9.92. The van der Waals surface area contributed by atoms with Crippen LogP contribution in [0.1, 0.15) is 57.2 Å². The van der Waals surface area contributed by atoms with Crippen LogP contribution in [0.3, 0.4) is 0 Å². The zero-order chi connectivity index (χ0) is 32.8. The van der Waals surface area contributed by atoms with Crippen molar-refractivity contribution in [3.63, 3.8) is 0 Å². The molecule has 13 nitrogen and oxygen atoms in total. The monoisotopic (exact) mass is 631 g/mol. The van der Waals surface area contributed by atoms with E-state index in [-0.39, 0.29) is 17.7 Å². The molecule has 46 heavy (non-hydrogen) atoms. The number of nitrogens with zero attached hydrogens (tertiary/aromatic N) is 5. The predicted molar refractivity (Wildman–Crippen MR) is 167 cm³/mol. The number of carbonyl (C=O) groups is 3. The molecule has 0 radical (unpaired) electrons. The first-order valence-corrected chi connectivity index (χ1v) is 15.3. The van der Waals surface area contributed by atoms with E-state index in [1.54, 1.807) is 43.8 Å². The van der Waals surface area contributed by atoms with Crippen LogP contribution in [-0.4, -0.2) is 78.8 Å². The van der Waals surface area contributed by atoms with Crippen molar-refractivity contribution < 1.29 is 23.5 Å². The van der Waals surface area contributed by atoms with E-state index in [2.05, 4.69) is 40.0 Å². The van der Waals surface area contributed by atoms with E-state index in [1.165, 1.54) is 13.2 Å². The van der Waals surface area contributed by atoms with Crippen molar-refractivity contribution in [1.82, 2.24) is 40.1 Å². The molecule has 242 valence electrons. The van der Waals surface area contributed by atoms with Gasteiger partial charge in [0, 0.05) is 60.6 Å². The molecule has 0 saturated carbocycles. The van der Waals surface area contributed by atoms with E-state index >= 15 is 4.39 Å². The van der Waals surface area contributed by atoms with Gasteiger partial charge in [-0.1, -0.05) is 13.0 Å². The number of Topliss-reactive ketones (excluding diaryl/α,β-unsaturated/α-hetero) is 1. The van der Waals surface area contributed by atoms with Gasteiger partial charge in [0.25, 0.3) is 0 Å². The van der Waals surface area contributed by atoms with Crippen molar-refractivity contribution in [1.29, 1.82) is 0 Å². The number of ketones is 1. The van der Waals surface area contributed by atoms with Crippen molar-refractivity contribution in [2.75, 3.05) is 20.2 Å². The second-order valence-electron chi connectivity index (χ2n) is 11.2. The topological polar surface area (TPSA) is 185 Å². The van der Waals surface area contributed by atoms with Crippen molar-refractivity contribution in [2.45, 2.75) is 58.0 Å². The molecule has 5 rings (SSSR count). The van der Waals surface area contributed by atoms with Crippen LogP contribution in [0.25, 0.3) is 33.9 Å². The summed E-state index contributed by atoms with van der Waals surface area (Å²) < 4.78 is 19.9. The Morgan fingerprint density at radius 3 is 2.65 bits per heavy atom. The number of nitrogens with two attached hydrogens (primary N) is 1.